The molecule has 0 aromatic heterocycles. The summed E-state index contributed by atoms with van der Waals surface area (Å²) in [5, 5.41) is 0. The van der Waals surface area contributed by atoms with Crippen molar-refractivity contribution >= 4 is 33.4 Å². The molecule has 0 aliphatic carbocycles. The molecule has 2 aromatic rings. The van der Waals surface area contributed by atoms with Crippen molar-refractivity contribution < 1.29 is 17.9 Å². The zero-order valence-corrected chi connectivity index (χ0v) is 19.0. The van der Waals surface area contributed by atoms with Crippen molar-refractivity contribution in [3.8, 4) is 5.75 Å². The number of likely N-dealkylation sites (tertiary alicyclic amines) is 1. The first-order chi connectivity index (χ1) is 14.5. The van der Waals surface area contributed by atoms with Gasteiger partial charge in [-0.1, -0.05) is 31.9 Å². The molecule has 3 rings (SSSR count). The highest BCUT2D eigenvalue weighted by atomic mass is 32.2. The van der Waals surface area contributed by atoms with Gasteiger partial charge in [-0.15, -0.1) is 11.8 Å². The van der Waals surface area contributed by atoms with Gasteiger partial charge in [0, 0.05) is 18.0 Å². The molecule has 0 radical (unpaired) electrons. The highest BCUT2D eigenvalue weighted by Crippen LogP contribution is 2.30. The Bertz CT molecular complexity index is 984. The number of ether oxygens (including phenoxy) is 1. The van der Waals surface area contributed by atoms with Crippen LogP contribution >= 0.6 is 11.8 Å². The Kier molecular flexibility index (Phi) is 7.66. The van der Waals surface area contributed by atoms with Crippen LogP contribution in [0, 0.1) is 0 Å². The predicted molar refractivity (Wildman–Crippen MR) is 121 cm³/mol. The van der Waals surface area contributed by atoms with Gasteiger partial charge < -0.3 is 9.64 Å². The second kappa shape index (κ2) is 10.2. The average molecular weight is 449 g/mol. The van der Waals surface area contributed by atoms with Crippen LogP contribution in [0.1, 0.15) is 43.0 Å². The molecule has 0 atom stereocenters. The number of thioether (sulfide) groups is 1. The third kappa shape index (κ3) is 5.29. The summed E-state index contributed by atoms with van der Waals surface area (Å²) in [6.07, 6.45) is 4.13. The Morgan fingerprint density at radius 2 is 1.80 bits per heavy atom. The van der Waals surface area contributed by atoms with Crippen molar-refractivity contribution in [3.63, 3.8) is 0 Å². The predicted octanol–water partition coefficient (Wildman–Crippen LogP) is 4.62. The van der Waals surface area contributed by atoms with Crippen LogP contribution < -0.4 is 9.46 Å². The van der Waals surface area contributed by atoms with Crippen LogP contribution in [0.2, 0.25) is 0 Å². The average Bonchev–Trinajstić information content (AvgIpc) is 3.04. The summed E-state index contributed by atoms with van der Waals surface area (Å²) in [6.45, 7) is 3.37. The molecular formula is C22H28N2O4S2. The highest BCUT2D eigenvalue weighted by Gasteiger charge is 2.24. The van der Waals surface area contributed by atoms with Gasteiger partial charge in [-0.05, 0) is 48.9 Å². The van der Waals surface area contributed by atoms with Gasteiger partial charge in [0.05, 0.1) is 23.3 Å². The van der Waals surface area contributed by atoms with Gasteiger partial charge in [0.1, 0.15) is 5.75 Å². The lowest BCUT2D eigenvalue weighted by Crippen LogP contribution is -2.32. The summed E-state index contributed by atoms with van der Waals surface area (Å²) in [7, 11) is -2.38. The molecule has 162 valence electrons. The number of carbonyl (C=O) groups is 1. The number of para-hydroxylation sites is 1. The largest absolute Gasteiger partial charge is 0.496 e. The number of anilines is 1. The maximum Gasteiger partial charge on any atom is 0.261 e. The Balaban J connectivity index is 1.92. The number of nitrogens with zero attached hydrogens (tertiary/aromatic N) is 1. The molecule has 8 heteroatoms. The van der Waals surface area contributed by atoms with Crippen molar-refractivity contribution in [1.82, 2.24) is 4.90 Å². The van der Waals surface area contributed by atoms with E-state index in [9.17, 15) is 13.2 Å². The molecule has 1 aliphatic rings. The van der Waals surface area contributed by atoms with E-state index in [0.717, 1.165) is 36.3 Å². The summed E-state index contributed by atoms with van der Waals surface area (Å²) < 4.78 is 34.2. The van der Waals surface area contributed by atoms with Crippen LogP contribution in [0.4, 0.5) is 5.69 Å². The van der Waals surface area contributed by atoms with E-state index >= 15 is 0 Å². The fourth-order valence-electron chi connectivity index (χ4n) is 3.50. The lowest BCUT2D eigenvalue weighted by molar-refractivity contribution is 0.0758. The summed E-state index contributed by atoms with van der Waals surface area (Å²) in [6, 6.07) is 11.7. The minimum Gasteiger partial charge on any atom is -0.496 e. The van der Waals surface area contributed by atoms with Crippen molar-refractivity contribution in [3.05, 3.63) is 48.0 Å². The summed E-state index contributed by atoms with van der Waals surface area (Å²) in [5.74, 6) is 1.02. The number of carbonyl (C=O) groups excluding carboxylic acids is 1. The summed E-state index contributed by atoms with van der Waals surface area (Å²) in [4.78, 5) is 15.8. The molecule has 1 saturated heterocycles. The van der Waals surface area contributed by atoms with Gasteiger partial charge >= 0.3 is 0 Å². The zero-order valence-electron chi connectivity index (χ0n) is 17.4. The molecule has 1 heterocycles. The second-order valence-electron chi connectivity index (χ2n) is 7.10. The molecule has 1 fully saturated rings. The summed E-state index contributed by atoms with van der Waals surface area (Å²) >= 11 is 1.56. The molecule has 1 aliphatic heterocycles. The molecule has 1 amide bonds. The first-order valence-electron chi connectivity index (χ1n) is 10.2. The number of nitrogens with one attached hydrogen (secondary N) is 1. The fraction of sp³-hybridized carbons (Fsp3) is 0.409. The third-order valence-electron chi connectivity index (χ3n) is 5.04. The van der Waals surface area contributed by atoms with E-state index in [1.165, 1.54) is 19.2 Å². The van der Waals surface area contributed by atoms with Gasteiger partial charge in [-0.25, -0.2) is 8.42 Å². The molecular weight excluding hydrogens is 420 g/mol. The Hall–Kier alpha value is -2.19. The summed E-state index contributed by atoms with van der Waals surface area (Å²) in [5.41, 5.74) is 0.805. The highest BCUT2D eigenvalue weighted by molar-refractivity contribution is 7.99. The van der Waals surface area contributed by atoms with E-state index in [2.05, 4.69) is 4.72 Å². The smallest absolute Gasteiger partial charge is 0.261 e. The van der Waals surface area contributed by atoms with Gasteiger partial charge in [0.2, 0.25) is 0 Å². The number of hydrogen-bond acceptors (Lipinski definition) is 5. The molecule has 0 spiro atoms. The third-order valence-corrected chi connectivity index (χ3v) is 7.36. The van der Waals surface area contributed by atoms with Gasteiger partial charge in [-0.3, -0.25) is 9.52 Å². The number of sulfonamides is 1. The lowest BCUT2D eigenvalue weighted by atomic mass is 10.1. The van der Waals surface area contributed by atoms with E-state index in [1.54, 1.807) is 34.9 Å². The normalized spacial score (nSPS) is 14.8. The minimum absolute atomic E-state index is 0.0396. The molecule has 0 unspecified atom stereocenters. The van der Waals surface area contributed by atoms with E-state index < -0.39 is 10.0 Å². The van der Waals surface area contributed by atoms with Crippen LogP contribution in [-0.2, 0) is 10.0 Å². The SMILES string of the molecule is CCSc1ccccc1NS(=O)(=O)c1ccc(OC)c(C(=O)N2CCCCCC2)c1. The molecule has 1 N–H and O–H groups in total. The number of methoxy groups -OCH3 is 1. The second-order valence-corrected chi connectivity index (χ2v) is 10.1. The Morgan fingerprint density at radius 1 is 1.10 bits per heavy atom. The number of amides is 1. The van der Waals surface area contributed by atoms with Crippen molar-refractivity contribution in [1.29, 1.82) is 0 Å². The maximum atomic E-state index is 13.1. The van der Waals surface area contributed by atoms with Crippen LogP contribution in [0.25, 0.3) is 0 Å². The van der Waals surface area contributed by atoms with Crippen LogP contribution in [0.5, 0.6) is 5.75 Å². The lowest BCUT2D eigenvalue weighted by Gasteiger charge is -2.22. The number of rotatable bonds is 7. The van der Waals surface area contributed by atoms with Crippen molar-refractivity contribution in [2.24, 2.45) is 0 Å². The first kappa shape index (κ1) is 22.5. The van der Waals surface area contributed by atoms with E-state index in [1.807, 2.05) is 19.1 Å². The quantitative estimate of drug-likeness (QED) is 0.625. The van der Waals surface area contributed by atoms with Gasteiger partial charge in [-0.2, -0.15) is 0 Å². The zero-order chi connectivity index (χ0) is 21.6. The molecule has 2 aromatic carbocycles. The molecule has 0 saturated carbocycles. The minimum atomic E-state index is -3.86. The molecule has 30 heavy (non-hydrogen) atoms. The standard InChI is InChI=1S/C22H28N2O4S2/c1-3-29-21-11-7-6-10-19(21)23-30(26,27)17-12-13-20(28-2)18(16-17)22(25)24-14-8-4-5-9-15-24/h6-7,10-13,16,23H,3-5,8-9,14-15H2,1-2H3. The van der Waals surface area contributed by atoms with Crippen LogP contribution in [0.3, 0.4) is 0 Å². The van der Waals surface area contributed by atoms with E-state index in [4.69, 9.17) is 4.74 Å². The van der Waals surface area contributed by atoms with Gasteiger partial charge in [0.15, 0.2) is 0 Å². The van der Waals surface area contributed by atoms with Gasteiger partial charge in [0.25, 0.3) is 15.9 Å². The number of hydrogen-bond donors (Lipinski definition) is 1. The van der Waals surface area contributed by atoms with Crippen molar-refractivity contribution in [2.75, 3.05) is 30.7 Å². The van der Waals surface area contributed by atoms with E-state index in [-0.39, 0.29) is 16.4 Å². The van der Waals surface area contributed by atoms with Crippen LogP contribution in [-0.4, -0.2) is 45.2 Å². The fourth-order valence-corrected chi connectivity index (χ4v) is 5.43. The van der Waals surface area contributed by atoms with E-state index in [0.29, 0.717) is 24.5 Å². The monoisotopic (exact) mass is 448 g/mol. The molecule has 0 bridgehead atoms. The topological polar surface area (TPSA) is 75.7 Å². The Labute approximate surface area is 183 Å². The number of benzene rings is 2. The van der Waals surface area contributed by atoms with Crippen LogP contribution in [0.15, 0.2) is 52.3 Å². The Morgan fingerprint density at radius 3 is 2.47 bits per heavy atom. The molecule has 6 nitrogen and oxygen atoms in total. The first-order valence-corrected chi connectivity index (χ1v) is 12.6. The maximum absolute atomic E-state index is 13.1. The van der Waals surface area contributed by atoms with Crippen molar-refractivity contribution in [2.45, 2.75) is 42.4 Å².